The van der Waals surface area contributed by atoms with E-state index in [-0.39, 0.29) is 41.5 Å². The number of nitrogens with zero attached hydrogens (tertiary/aromatic N) is 2. The van der Waals surface area contributed by atoms with Gasteiger partial charge in [-0.3, -0.25) is 4.79 Å². The number of esters is 1. The van der Waals surface area contributed by atoms with Gasteiger partial charge in [-0.1, -0.05) is 18.2 Å². The first-order valence-corrected chi connectivity index (χ1v) is 10.3. The Kier molecular flexibility index (Phi) is 10.8. The minimum absolute atomic E-state index is 0. The van der Waals surface area contributed by atoms with Gasteiger partial charge in [-0.25, -0.2) is 4.99 Å². The van der Waals surface area contributed by atoms with Gasteiger partial charge >= 0.3 is 5.97 Å². The second kappa shape index (κ2) is 12.2. The number of para-hydroxylation sites is 1. The van der Waals surface area contributed by atoms with Crippen LogP contribution in [0.25, 0.3) is 0 Å². The van der Waals surface area contributed by atoms with E-state index in [0.717, 1.165) is 49.7 Å². The molecule has 7 heteroatoms. The lowest BCUT2D eigenvalue weighted by Crippen LogP contribution is -2.46. The van der Waals surface area contributed by atoms with E-state index < -0.39 is 0 Å². The second-order valence-corrected chi connectivity index (χ2v) is 8.01. The van der Waals surface area contributed by atoms with E-state index in [9.17, 15) is 4.79 Å². The van der Waals surface area contributed by atoms with Crippen LogP contribution in [0, 0.1) is 5.92 Å². The van der Waals surface area contributed by atoms with Crippen LogP contribution in [0.15, 0.2) is 29.3 Å². The van der Waals surface area contributed by atoms with Crippen LogP contribution in [0.3, 0.4) is 0 Å². The first-order valence-electron chi connectivity index (χ1n) is 10.3. The molecule has 1 heterocycles. The Hall–Kier alpha value is -1.51. The summed E-state index contributed by atoms with van der Waals surface area (Å²) < 4.78 is 11.2. The summed E-state index contributed by atoms with van der Waals surface area (Å²) in [6.45, 7) is 13.5. The topological polar surface area (TPSA) is 63.2 Å². The lowest BCUT2D eigenvalue weighted by Gasteiger charge is -2.33. The van der Waals surface area contributed by atoms with Crippen molar-refractivity contribution in [3.8, 4) is 5.75 Å². The SMILES string of the molecule is CCNC(=NCc1ccccc1OC(C)(C)C)N1CCC(C(=O)OCC)CC1.I. The molecule has 0 saturated carbocycles. The number of benzene rings is 1. The largest absolute Gasteiger partial charge is 0.488 e. The van der Waals surface area contributed by atoms with Gasteiger partial charge in [0.1, 0.15) is 11.4 Å². The number of carbonyl (C=O) groups excluding carboxylic acids is 1. The Morgan fingerprint density at radius 2 is 1.86 bits per heavy atom. The van der Waals surface area contributed by atoms with E-state index in [1.807, 2.05) is 45.9 Å². The Morgan fingerprint density at radius 1 is 1.21 bits per heavy atom. The van der Waals surface area contributed by atoms with Gasteiger partial charge in [0.15, 0.2) is 5.96 Å². The molecule has 2 rings (SSSR count). The van der Waals surface area contributed by atoms with Crippen LogP contribution in [-0.2, 0) is 16.1 Å². The normalized spacial score (nSPS) is 15.5. The molecule has 1 aromatic carbocycles. The Bertz CT molecular complexity index is 666. The summed E-state index contributed by atoms with van der Waals surface area (Å²) >= 11 is 0. The minimum Gasteiger partial charge on any atom is -0.488 e. The van der Waals surface area contributed by atoms with Gasteiger partial charge in [-0.05, 0) is 53.5 Å². The minimum atomic E-state index is -0.251. The summed E-state index contributed by atoms with van der Waals surface area (Å²) in [5, 5.41) is 3.38. The average molecular weight is 517 g/mol. The summed E-state index contributed by atoms with van der Waals surface area (Å²) in [6, 6.07) is 8.05. The molecule has 0 radical (unpaired) electrons. The standard InChI is InChI=1S/C22H35N3O3.HI/c1-6-23-21(25-14-12-17(13-15-25)20(26)27-7-2)24-16-18-10-8-9-11-19(18)28-22(3,4)5;/h8-11,17H,6-7,12-16H2,1-5H3,(H,23,24);1H. The number of likely N-dealkylation sites (tertiary alicyclic amines) is 1. The van der Waals surface area contributed by atoms with Crippen molar-refractivity contribution < 1.29 is 14.3 Å². The van der Waals surface area contributed by atoms with Gasteiger partial charge < -0.3 is 19.7 Å². The number of halogens is 1. The van der Waals surface area contributed by atoms with E-state index in [4.69, 9.17) is 14.5 Å². The smallest absolute Gasteiger partial charge is 0.309 e. The van der Waals surface area contributed by atoms with Crippen LogP contribution in [0.2, 0.25) is 0 Å². The Morgan fingerprint density at radius 3 is 2.45 bits per heavy atom. The number of carbonyl (C=O) groups is 1. The molecule has 0 amide bonds. The van der Waals surface area contributed by atoms with E-state index >= 15 is 0 Å². The number of ether oxygens (including phenoxy) is 2. The van der Waals surface area contributed by atoms with Gasteiger partial charge in [0, 0.05) is 25.2 Å². The number of rotatable bonds is 6. The summed E-state index contributed by atoms with van der Waals surface area (Å²) in [7, 11) is 0. The van der Waals surface area contributed by atoms with E-state index in [1.54, 1.807) is 0 Å². The van der Waals surface area contributed by atoms with E-state index in [2.05, 4.69) is 23.2 Å². The third-order valence-electron chi connectivity index (χ3n) is 4.54. The quantitative estimate of drug-likeness (QED) is 0.265. The van der Waals surface area contributed by atoms with Crippen LogP contribution >= 0.6 is 24.0 Å². The molecule has 0 bridgehead atoms. The highest BCUT2D eigenvalue weighted by Crippen LogP contribution is 2.24. The first kappa shape index (κ1) is 25.5. The Labute approximate surface area is 192 Å². The van der Waals surface area contributed by atoms with Crippen LogP contribution in [-0.4, -0.2) is 48.7 Å². The van der Waals surface area contributed by atoms with Crippen molar-refractivity contribution in [1.29, 1.82) is 0 Å². The van der Waals surface area contributed by atoms with Crippen LogP contribution in [0.1, 0.15) is 53.0 Å². The van der Waals surface area contributed by atoms with Crippen molar-refractivity contribution in [2.75, 3.05) is 26.2 Å². The third-order valence-corrected chi connectivity index (χ3v) is 4.54. The molecular weight excluding hydrogens is 481 g/mol. The van der Waals surface area contributed by atoms with Crippen molar-refractivity contribution in [2.24, 2.45) is 10.9 Å². The van der Waals surface area contributed by atoms with Crippen LogP contribution in [0.5, 0.6) is 5.75 Å². The van der Waals surface area contributed by atoms with Gasteiger partial charge in [0.2, 0.25) is 0 Å². The lowest BCUT2D eigenvalue weighted by molar-refractivity contribution is -0.149. The summed E-state index contributed by atoms with van der Waals surface area (Å²) in [5.74, 6) is 1.68. The van der Waals surface area contributed by atoms with E-state index in [0.29, 0.717) is 13.2 Å². The second-order valence-electron chi connectivity index (χ2n) is 8.01. The predicted octanol–water partition coefficient (Wildman–Crippen LogP) is 4.22. The number of nitrogens with one attached hydrogen (secondary N) is 1. The molecule has 1 saturated heterocycles. The number of aliphatic imine (C=N–C) groups is 1. The number of guanidine groups is 1. The molecule has 6 nitrogen and oxygen atoms in total. The molecule has 0 aliphatic carbocycles. The van der Waals surface area contributed by atoms with Crippen molar-refractivity contribution in [3.05, 3.63) is 29.8 Å². The first-order chi connectivity index (χ1) is 13.3. The fourth-order valence-electron chi connectivity index (χ4n) is 3.24. The van der Waals surface area contributed by atoms with Crippen molar-refractivity contribution in [1.82, 2.24) is 10.2 Å². The number of hydrogen-bond acceptors (Lipinski definition) is 4. The van der Waals surface area contributed by atoms with Gasteiger partial charge in [-0.15, -0.1) is 24.0 Å². The zero-order valence-electron chi connectivity index (χ0n) is 18.4. The molecule has 1 fully saturated rings. The van der Waals surface area contributed by atoms with E-state index in [1.165, 1.54) is 0 Å². The third kappa shape index (κ3) is 8.40. The highest BCUT2D eigenvalue weighted by molar-refractivity contribution is 14.0. The maximum Gasteiger partial charge on any atom is 0.309 e. The van der Waals surface area contributed by atoms with Gasteiger partial charge in [-0.2, -0.15) is 0 Å². The molecule has 164 valence electrons. The fraction of sp³-hybridized carbons (Fsp3) is 0.636. The van der Waals surface area contributed by atoms with Crippen LogP contribution < -0.4 is 10.1 Å². The maximum absolute atomic E-state index is 12.0. The monoisotopic (exact) mass is 517 g/mol. The highest BCUT2D eigenvalue weighted by atomic mass is 127. The molecule has 1 aliphatic rings. The van der Waals surface area contributed by atoms with Crippen molar-refractivity contribution in [3.63, 3.8) is 0 Å². The molecule has 0 aromatic heterocycles. The zero-order chi connectivity index (χ0) is 20.6. The molecule has 1 aliphatic heterocycles. The zero-order valence-corrected chi connectivity index (χ0v) is 20.7. The Balaban J connectivity index is 0.00000420. The average Bonchev–Trinajstić information content (AvgIpc) is 2.65. The number of hydrogen-bond donors (Lipinski definition) is 1. The number of piperidine rings is 1. The molecule has 0 atom stereocenters. The summed E-state index contributed by atoms with van der Waals surface area (Å²) in [5.41, 5.74) is 0.813. The van der Waals surface area contributed by atoms with Gasteiger partial charge in [0.25, 0.3) is 0 Å². The highest BCUT2D eigenvalue weighted by Gasteiger charge is 2.27. The molecule has 1 N–H and O–H groups in total. The van der Waals surface area contributed by atoms with Crippen LogP contribution in [0.4, 0.5) is 0 Å². The summed E-state index contributed by atoms with van der Waals surface area (Å²) in [6.07, 6.45) is 1.60. The lowest BCUT2D eigenvalue weighted by atomic mass is 9.97. The summed E-state index contributed by atoms with van der Waals surface area (Å²) in [4.78, 5) is 19.0. The molecule has 0 spiro atoms. The predicted molar refractivity (Wildman–Crippen MR) is 128 cm³/mol. The molecule has 1 aromatic rings. The molecule has 29 heavy (non-hydrogen) atoms. The molecular formula is C22H36IN3O3. The fourth-order valence-corrected chi connectivity index (χ4v) is 3.24. The van der Waals surface area contributed by atoms with Crippen molar-refractivity contribution >= 4 is 35.9 Å². The molecule has 0 unspecified atom stereocenters. The maximum atomic E-state index is 12.0. The van der Waals surface area contributed by atoms with Crippen molar-refractivity contribution in [2.45, 2.75) is 59.6 Å². The van der Waals surface area contributed by atoms with Gasteiger partial charge in [0.05, 0.1) is 19.1 Å².